The molecule has 0 aliphatic rings. The first-order valence-corrected chi connectivity index (χ1v) is 4.86. The number of carbonyl (C=O) groups is 1. The Morgan fingerprint density at radius 1 is 1.33 bits per heavy atom. The Kier molecular flexibility index (Phi) is 7.28. The second-order valence-corrected chi connectivity index (χ2v) is 3.43. The molecule has 0 bridgehead atoms. The molecule has 0 aliphatic heterocycles. The zero-order valence-electron chi connectivity index (χ0n) is 9.43. The number of hydrogen-bond donors (Lipinski definition) is 1. The number of hydrogen-bond acceptors (Lipinski definition) is 3. The van der Waals surface area contributed by atoms with Crippen molar-refractivity contribution in [2.24, 2.45) is 5.92 Å². The summed E-state index contributed by atoms with van der Waals surface area (Å²) in [6.45, 7) is 4.25. The van der Waals surface area contributed by atoms with Gasteiger partial charge in [-0.1, -0.05) is 32.0 Å². The Morgan fingerprint density at radius 3 is 2.13 bits per heavy atom. The van der Waals surface area contributed by atoms with Crippen LogP contribution in [0.25, 0.3) is 0 Å². The van der Waals surface area contributed by atoms with Crippen LogP contribution in [0, 0.1) is 5.92 Å². The van der Waals surface area contributed by atoms with E-state index in [4.69, 9.17) is 5.11 Å². The van der Waals surface area contributed by atoms with Crippen LogP contribution >= 0.6 is 0 Å². The number of aliphatic hydroxyl groups excluding tert-OH is 1. The van der Waals surface area contributed by atoms with Gasteiger partial charge in [0, 0.05) is 6.61 Å². The summed E-state index contributed by atoms with van der Waals surface area (Å²) in [5.41, 5.74) is 0.588. The van der Waals surface area contributed by atoms with Crippen molar-refractivity contribution in [3.63, 3.8) is 0 Å². The van der Waals surface area contributed by atoms with Crippen LogP contribution in [0.5, 0.6) is 0 Å². The summed E-state index contributed by atoms with van der Waals surface area (Å²) in [6, 6.07) is 8.88. The monoisotopic (exact) mass is 210 g/mol. The minimum atomic E-state index is -0.291. The van der Waals surface area contributed by atoms with E-state index < -0.39 is 0 Å². The lowest BCUT2D eigenvalue weighted by atomic mass is 10.2. The Hall–Kier alpha value is -1.35. The van der Waals surface area contributed by atoms with Gasteiger partial charge >= 0.3 is 5.97 Å². The number of ether oxygens (including phenoxy) is 1. The fourth-order valence-electron chi connectivity index (χ4n) is 0.692. The molecule has 0 aliphatic carbocycles. The highest BCUT2D eigenvalue weighted by Crippen LogP contribution is 1.98. The van der Waals surface area contributed by atoms with Crippen molar-refractivity contribution in [2.45, 2.75) is 13.8 Å². The van der Waals surface area contributed by atoms with E-state index >= 15 is 0 Å². The molecule has 3 heteroatoms. The molecule has 0 unspecified atom stereocenters. The van der Waals surface area contributed by atoms with Crippen LogP contribution in [0.4, 0.5) is 0 Å². The molecule has 1 N–H and O–H groups in total. The normalized spacial score (nSPS) is 9.13. The topological polar surface area (TPSA) is 46.5 Å². The number of methoxy groups -OCH3 is 1. The fourth-order valence-corrected chi connectivity index (χ4v) is 0.692. The summed E-state index contributed by atoms with van der Waals surface area (Å²) in [5, 5.41) is 8.14. The van der Waals surface area contributed by atoms with E-state index in [0.29, 0.717) is 18.1 Å². The van der Waals surface area contributed by atoms with Gasteiger partial charge < -0.3 is 9.84 Å². The van der Waals surface area contributed by atoms with Crippen molar-refractivity contribution >= 4 is 5.97 Å². The predicted octanol–water partition coefficient (Wildman–Crippen LogP) is 2.11. The smallest absolute Gasteiger partial charge is 0.337 e. The van der Waals surface area contributed by atoms with Crippen molar-refractivity contribution in [1.82, 2.24) is 0 Å². The molecular formula is C12H18O3. The maximum absolute atomic E-state index is 10.8. The third-order valence-electron chi connectivity index (χ3n) is 1.56. The van der Waals surface area contributed by atoms with Crippen LogP contribution in [-0.2, 0) is 4.74 Å². The van der Waals surface area contributed by atoms with Crippen LogP contribution in [0.15, 0.2) is 30.3 Å². The Morgan fingerprint density at radius 2 is 1.80 bits per heavy atom. The third-order valence-corrected chi connectivity index (χ3v) is 1.56. The SMILES string of the molecule is CC(C)CO.COC(=O)c1ccccc1. The quantitative estimate of drug-likeness (QED) is 0.760. The Labute approximate surface area is 90.7 Å². The minimum absolute atomic E-state index is 0.291. The molecule has 3 nitrogen and oxygen atoms in total. The van der Waals surface area contributed by atoms with Crippen LogP contribution in [0.2, 0.25) is 0 Å². The largest absolute Gasteiger partial charge is 0.465 e. The molecular weight excluding hydrogens is 192 g/mol. The first-order valence-electron chi connectivity index (χ1n) is 4.86. The number of carbonyl (C=O) groups excluding carboxylic acids is 1. The van der Waals surface area contributed by atoms with Gasteiger partial charge in [-0.25, -0.2) is 4.79 Å². The molecule has 0 heterocycles. The summed E-state index contributed by atoms with van der Waals surface area (Å²) in [6.07, 6.45) is 0. The lowest BCUT2D eigenvalue weighted by Crippen LogP contribution is -1.99. The van der Waals surface area contributed by atoms with E-state index in [2.05, 4.69) is 4.74 Å². The molecule has 0 saturated heterocycles. The van der Waals surface area contributed by atoms with Gasteiger partial charge in [0.05, 0.1) is 12.7 Å². The van der Waals surface area contributed by atoms with Gasteiger partial charge in [0.15, 0.2) is 0 Å². The zero-order valence-corrected chi connectivity index (χ0v) is 9.43. The highest BCUT2D eigenvalue weighted by molar-refractivity contribution is 5.89. The third kappa shape index (κ3) is 6.69. The summed E-state index contributed by atoms with van der Waals surface area (Å²) >= 11 is 0. The van der Waals surface area contributed by atoms with E-state index in [0.717, 1.165) is 0 Å². The van der Waals surface area contributed by atoms with Crippen molar-refractivity contribution < 1.29 is 14.6 Å². The summed E-state index contributed by atoms with van der Waals surface area (Å²) in [4.78, 5) is 10.8. The van der Waals surface area contributed by atoms with Gasteiger partial charge in [0.2, 0.25) is 0 Å². The van der Waals surface area contributed by atoms with E-state index in [1.165, 1.54) is 7.11 Å². The standard InChI is InChI=1S/C8H8O2.C4H10O/c1-10-8(9)7-5-3-2-4-6-7;1-4(2)3-5/h2-6H,1H3;4-5H,3H2,1-2H3. The molecule has 1 aromatic carbocycles. The number of benzene rings is 1. The van der Waals surface area contributed by atoms with E-state index in [-0.39, 0.29) is 5.97 Å². The highest BCUT2D eigenvalue weighted by atomic mass is 16.5. The van der Waals surface area contributed by atoms with Crippen LogP contribution in [0.1, 0.15) is 24.2 Å². The second-order valence-electron chi connectivity index (χ2n) is 3.43. The van der Waals surface area contributed by atoms with Crippen molar-refractivity contribution in [3.8, 4) is 0 Å². The molecule has 0 radical (unpaired) electrons. The Bertz CT molecular complexity index is 267. The lowest BCUT2D eigenvalue weighted by molar-refractivity contribution is 0.0600. The minimum Gasteiger partial charge on any atom is -0.465 e. The molecule has 1 rings (SSSR count). The van der Waals surface area contributed by atoms with Gasteiger partial charge in [-0.3, -0.25) is 0 Å². The van der Waals surface area contributed by atoms with Crippen molar-refractivity contribution in [3.05, 3.63) is 35.9 Å². The van der Waals surface area contributed by atoms with Gasteiger partial charge in [0.25, 0.3) is 0 Å². The van der Waals surface area contributed by atoms with E-state index in [1.807, 2.05) is 19.9 Å². The van der Waals surface area contributed by atoms with Crippen molar-refractivity contribution in [1.29, 1.82) is 0 Å². The maximum Gasteiger partial charge on any atom is 0.337 e. The number of rotatable bonds is 2. The molecule has 0 aromatic heterocycles. The van der Waals surface area contributed by atoms with E-state index in [1.54, 1.807) is 24.3 Å². The molecule has 0 saturated carbocycles. The molecule has 0 fully saturated rings. The Balaban J connectivity index is 0.000000336. The van der Waals surface area contributed by atoms with Gasteiger partial charge in [0.1, 0.15) is 0 Å². The van der Waals surface area contributed by atoms with Crippen molar-refractivity contribution in [2.75, 3.05) is 13.7 Å². The van der Waals surface area contributed by atoms with Gasteiger partial charge in [-0.15, -0.1) is 0 Å². The average Bonchev–Trinajstić information content (AvgIpc) is 2.30. The van der Waals surface area contributed by atoms with E-state index in [9.17, 15) is 4.79 Å². The van der Waals surface area contributed by atoms with Gasteiger partial charge in [-0.05, 0) is 18.1 Å². The summed E-state index contributed by atoms with van der Waals surface area (Å²) in [5.74, 6) is 0.149. The van der Waals surface area contributed by atoms with Crippen LogP contribution < -0.4 is 0 Å². The second kappa shape index (κ2) is 8.00. The maximum atomic E-state index is 10.8. The van der Waals surface area contributed by atoms with Crippen LogP contribution in [0.3, 0.4) is 0 Å². The summed E-state index contributed by atoms with van der Waals surface area (Å²) < 4.78 is 4.50. The first kappa shape index (κ1) is 13.7. The average molecular weight is 210 g/mol. The predicted molar refractivity (Wildman–Crippen MR) is 59.7 cm³/mol. The summed E-state index contributed by atoms with van der Waals surface area (Å²) in [7, 11) is 1.37. The van der Waals surface area contributed by atoms with Crippen LogP contribution in [-0.4, -0.2) is 24.8 Å². The fraction of sp³-hybridized carbons (Fsp3) is 0.417. The molecule has 0 spiro atoms. The molecule has 0 amide bonds. The van der Waals surface area contributed by atoms with Gasteiger partial charge in [-0.2, -0.15) is 0 Å². The molecule has 84 valence electrons. The lowest BCUT2D eigenvalue weighted by Gasteiger charge is -1.95. The molecule has 1 aromatic rings. The zero-order chi connectivity index (χ0) is 11.7. The number of esters is 1. The first-order chi connectivity index (χ1) is 7.11. The molecule has 15 heavy (non-hydrogen) atoms. The highest BCUT2D eigenvalue weighted by Gasteiger charge is 2.00. The number of aliphatic hydroxyl groups is 1. The molecule has 0 atom stereocenters.